The summed E-state index contributed by atoms with van der Waals surface area (Å²) in [6.07, 6.45) is -1.37. The first-order chi connectivity index (χ1) is 16.4. The minimum atomic E-state index is -4.38. The maximum atomic E-state index is 12.7. The zero-order valence-corrected chi connectivity index (χ0v) is 24.9. The lowest BCUT2D eigenvalue weighted by Gasteiger charge is -2.32. The van der Waals surface area contributed by atoms with Gasteiger partial charge in [-0.05, 0) is 30.7 Å². The molecular weight excluding hydrogens is 485 g/mol. The Balaban J connectivity index is 0.000000711. The maximum absolute atomic E-state index is 12.7. The number of alkyl halides is 3. The maximum Gasteiger partial charge on any atom is 0.416 e. The SMILES string of the molecule is C.CC(C)(C)C(=Nc1cc(C(F)(F)F)ccn1)C(C)(C)C.Cc1ccc(N=C(C(C)(C)C)C(C)(C)C)nc1. The molecule has 0 aliphatic carbocycles. The quantitative estimate of drug-likeness (QED) is 0.360. The lowest BCUT2D eigenvalue weighted by atomic mass is 9.75. The van der Waals surface area contributed by atoms with Crippen molar-refractivity contribution >= 4 is 23.1 Å². The van der Waals surface area contributed by atoms with Gasteiger partial charge in [0.05, 0.1) is 5.56 Å². The summed E-state index contributed by atoms with van der Waals surface area (Å²) in [6, 6.07) is 5.96. The Morgan fingerprint density at radius 3 is 1.39 bits per heavy atom. The molecule has 0 aliphatic heterocycles. The zero-order valence-electron chi connectivity index (χ0n) is 24.9. The molecule has 0 N–H and O–H groups in total. The Morgan fingerprint density at radius 2 is 1.05 bits per heavy atom. The second-order valence-corrected chi connectivity index (χ2v) is 13.5. The third-order valence-electron chi connectivity index (χ3n) is 5.26. The summed E-state index contributed by atoms with van der Waals surface area (Å²) in [6.45, 7) is 27.2. The van der Waals surface area contributed by atoms with Crippen molar-refractivity contribution in [1.29, 1.82) is 0 Å². The van der Waals surface area contributed by atoms with Crippen LogP contribution in [0.5, 0.6) is 0 Å². The Hall–Kier alpha value is -2.57. The van der Waals surface area contributed by atoms with Crippen LogP contribution in [0.25, 0.3) is 0 Å². The van der Waals surface area contributed by atoms with E-state index in [1.54, 1.807) is 0 Å². The average Bonchev–Trinajstić information content (AvgIpc) is 2.68. The standard InChI is InChI=1S/C15H21F3N2.C15H24N2.CH4/c1-13(2,3)12(14(4,5)6)20-11-9-10(7-8-19-11)15(16,17)18;1-11-8-9-12(16-10-11)17-13(14(2,3)4)15(5,6)7;/h7-9H,1-6H3;8-10H,1-7H3;1H4. The number of aliphatic imine (C=N–C) groups is 2. The average molecular weight is 535 g/mol. The topological polar surface area (TPSA) is 50.5 Å². The van der Waals surface area contributed by atoms with Crippen LogP contribution < -0.4 is 0 Å². The first-order valence-corrected chi connectivity index (χ1v) is 12.6. The van der Waals surface area contributed by atoms with Crippen LogP contribution in [-0.2, 0) is 6.18 Å². The molecule has 0 aromatic carbocycles. The predicted octanol–water partition coefficient (Wildman–Crippen LogP) is 10.5. The molecule has 0 saturated carbocycles. The fourth-order valence-corrected chi connectivity index (χ4v) is 4.33. The van der Waals surface area contributed by atoms with Crippen LogP contribution in [0.4, 0.5) is 24.8 Å². The van der Waals surface area contributed by atoms with Crippen LogP contribution in [0.3, 0.4) is 0 Å². The van der Waals surface area contributed by atoms with Gasteiger partial charge in [-0.25, -0.2) is 20.0 Å². The molecule has 0 spiro atoms. The van der Waals surface area contributed by atoms with Crippen molar-refractivity contribution in [1.82, 2.24) is 9.97 Å². The largest absolute Gasteiger partial charge is 0.416 e. The van der Waals surface area contributed by atoms with E-state index < -0.39 is 11.7 Å². The Labute approximate surface area is 229 Å². The molecule has 2 aromatic heterocycles. The van der Waals surface area contributed by atoms with Crippen LogP contribution >= 0.6 is 0 Å². The molecular formula is C31H49F3N4. The van der Waals surface area contributed by atoms with Crippen LogP contribution in [0.2, 0.25) is 0 Å². The van der Waals surface area contributed by atoms with Crippen molar-refractivity contribution in [3.05, 3.63) is 47.8 Å². The first-order valence-electron chi connectivity index (χ1n) is 12.6. The van der Waals surface area contributed by atoms with Crippen LogP contribution in [0, 0.1) is 28.6 Å². The number of rotatable bonds is 2. The monoisotopic (exact) mass is 534 g/mol. The number of pyridine rings is 2. The summed E-state index contributed by atoms with van der Waals surface area (Å²) in [5.74, 6) is 0.898. The molecule has 0 bridgehead atoms. The number of hydrogen-bond acceptors (Lipinski definition) is 4. The Morgan fingerprint density at radius 1 is 0.632 bits per heavy atom. The van der Waals surface area contributed by atoms with Crippen molar-refractivity contribution in [2.45, 2.75) is 104 Å². The summed E-state index contributed by atoms with van der Waals surface area (Å²) in [4.78, 5) is 17.4. The lowest BCUT2D eigenvalue weighted by molar-refractivity contribution is -0.137. The highest BCUT2D eigenvalue weighted by atomic mass is 19.4. The van der Waals surface area contributed by atoms with Crippen molar-refractivity contribution in [2.75, 3.05) is 0 Å². The molecule has 0 aliphatic rings. The molecule has 4 nitrogen and oxygen atoms in total. The first kappa shape index (κ1) is 35.4. The number of nitrogens with zero attached hydrogens (tertiary/aromatic N) is 4. The van der Waals surface area contributed by atoms with E-state index in [-0.39, 0.29) is 34.9 Å². The van der Waals surface area contributed by atoms with E-state index in [1.807, 2.05) is 60.7 Å². The molecule has 0 atom stereocenters. The number of aromatic nitrogens is 2. The fourth-order valence-electron chi connectivity index (χ4n) is 4.33. The van der Waals surface area contributed by atoms with Gasteiger partial charge in [0.15, 0.2) is 11.6 Å². The van der Waals surface area contributed by atoms with Crippen molar-refractivity contribution in [3.63, 3.8) is 0 Å². The lowest BCUT2D eigenvalue weighted by Crippen LogP contribution is -2.32. The smallest absolute Gasteiger partial charge is 0.237 e. The van der Waals surface area contributed by atoms with Crippen LogP contribution in [0.1, 0.15) is 102 Å². The molecule has 38 heavy (non-hydrogen) atoms. The van der Waals surface area contributed by atoms with E-state index in [0.717, 1.165) is 35.4 Å². The molecule has 0 unspecified atom stereocenters. The molecule has 2 aromatic rings. The van der Waals surface area contributed by atoms with E-state index >= 15 is 0 Å². The van der Waals surface area contributed by atoms with E-state index in [9.17, 15) is 13.2 Å². The zero-order chi connectivity index (χ0) is 29.0. The molecule has 2 rings (SSSR count). The van der Waals surface area contributed by atoms with Gasteiger partial charge in [-0.3, -0.25) is 0 Å². The summed E-state index contributed by atoms with van der Waals surface area (Å²) in [5, 5.41) is 0. The second kappa shape index (κ2) is 12.5. The summed E-state index contributed by atoms with van der Waals surface area (Å²) >= 11 is 0. The van der Waals surface area contributed by atoms with Gasteiger partial charge in [0.1, 0.15) is 0 Å². The van der Waals surface area contributed by atoms with Crippen LogP contribution in [0.15, 0.2) is 46.6 Å². The summed E-state index contributed by atoms with van der Waals surface area (Å²) in [7, 11) is 0. The van der Waals surface area contributed by atoms with Crippen molar-refractivity contribution in [3.8, 4) is 0 Å². The molecule has 0 saturated heterocycles. The highest BCUT2D eigenvalue weighted by Crippen LogP contribution is 2.35. The van der Waals surface area contributed by atoms with Gasteiger partial charge in [-0.1, -0.05) is 96.6 Å². The number of halogens is 3. The normalized spacial score (nSPS) is 12.5. The minimum Gasteiger partial charge on any atom is -0.237 e. The van der Waals surface area contributed by atoms with E-state index in [0.29, 0.717) is 0 Å². The summed E-state index contributed by atoms with van der Waals surface area (Å²) in [5.41, 5.74) is 2.07. The van der Waals surface area contributed by atoms with Gasteiger partial charge in [0.2, 0.25) is 0 Å². The van der Waals surface area contributed by atoms with E-state index in [4.69, 9.17) is 4.99 Å². The highest BCUT2D eigenvalue weighted by Gasteiger charge is 2.33. The van der Waals surface area contributed by atoms with E-state index in [2.05, 4.69) is 62.6 Å². The van der Waals surface area contributed by atoms with Gasteiger partial charge in [0.25, 0.3) is 0 Å². The molecule has 2 heterocycles. The highest BCUT2D eigenvalue weighted by molar-refractivity contribution is 5.95. The van der Waals surface area contributed by atoms with Gasteiger partial charge in [0, 0.05) is 45.5 Å². The van der Waals surface area contributed by atoms with Crippen LogP contribution in [-0.4, -0.2) is 21.4 Å². The molecule has 7 heteroatoms. The number of aryl methyl sites for hydroxylation is 1. The van der Waals surface area contributed by atoms with Crippen molar-refractivity contribution in [2.24, 2.45) is 31.6 Å². The predicted molar refractivity (Wildman–Crippen MR) is 157 cm³/mol. The third kappa shape index (κ3) is 11.4. The van der Waals surface area contributed by atoms with Gasteiger partial charge >= 0.3 is 6.18 Å². The second-order valence-electron chi connectivity index (χ2n) is 13.5. The fraction of sp³-hybridized carbons (Fsp3) is 0.613. The molecule has 0 fully saturated rings. The van der Waals surface area contributed by atoms with Crippen molar-refractivity contribution < 1.29 is 13.2 Å². The molecule has 0 radical (unpaired) electrons. The van der Waals surface area contributed by atoms with Gasteiger partial charge in [-0.15, -0.1) is 0 Å². The van der Waals surface area contributed by atoms with E-state index in [1.165, 1.54) is 5.71 Å². The minimum absolute atomic E-state index is 0. The third-order valence-corrected chi connectivity index (χ3v) is 5.26. The molecule has 214 valence electrons. The summed E-state index contributed by atoms with van der Waals surface area (Å²) < 4.78 is 38.1. The Kier molecular flexibility index (Phi) is 11.7. The van der Waals surface area contributed by atoms with Gasteiger partial charge < -0.3 is 0 Å². The molecule has 0 amide bonds. The van der Waals surface area contributed by atoms with Gasteiger partial charge in [-0.2, -0.15) is 13.2 Å². The Bertz CT molecular complexity index is 1050. The number of hydrogen-bond donors (Lipinski definition) is 0.